The lowest BCUT2D eigenvalue weighted by Gasteiger charge is -2.39. The fourth-order valence-electron chi connectivity index (χ4n) is 7.24. The fraction of sp³-hybridized carbons (Fsp3) is 0.0455. The van der Waals surface area contributed by atoms with Gasteiger partial charge in [-0.1, -0.05) is 97.1 Å². The summed E-state index contributed by atoms with van der Waals surface area (Å²) in [5, 5.41) is 61.8. The van der Waals surface area contributed by atoms with Crippen molar-refractivity contribution in [2.45, 2.75) is 10.8 Å². The molecule has 0 heterocycles. The van der Waals surface area contributed by atoms with Gasteiger partial charge in [-0.05, 0) is 117 Å². The molecule has 0 aromatic heterocycles. The van der Waals surface area contributed by atoms with Crippen molar-refractivity contribution in [1.82, 2.24) is 0 Å². The average molecular weight is 659 g/mol. The van der Waals surface area contributed by atoms with E-state index in [9.17, 15) is 30.6 Å². The molecule has 0 amide bonds. The molecular formula is C44H34O6. The molecule has 7 aromatic carbocycles. The standard InChI is InChI=1S/C44H34O6/c45-37-17-5-31(6-18-37)43(32-7-19-38(46)20-8-32,33-9-21-39(47)22-10-33)29-1-2-30(4-3-29)44(34-11-23-40(48)24-12-34,35-13-25-41(49)26-14-35)36-15-27-42(50)28-16-36/h1-28,45-50H. The Kier molecular flexibility index (Phi) is 8.14. The van der Waals surface area contributed by atoms with Gasteiger partial charge >= 0.3 is 0 Å². The first kappa shape index (κ1) is 31.9. The van der Waals surface area contributed by atoms with E-state index in [-0.39, 0.29) is 34.5 Å². The smallest absolute Gasteiger partial charge is 0.115 e. The third kappa shape index (κ3) is 5.43. The second kappa shape index (κ2) is 12.7. The molecule has 6 N–H and O–H groups in total. The number of hydrogen-bond acceptors (Lipinski definition) is 6. The summed E-state index contributed by atoms with van der Waals surface area (Å²) in [5.74, 6) is 0.727. The summed E-state index contributed by atoms with van der Waals surface area (Å²) in [5.41, 5.74) is 4.93. The minimum absolute atomic E-state index is 0.121. The highest BCUT2D eigenvalue weighted by Crippen LogP contribution is 2.49. The van der Waals surface area contributed by atoms with Crippen molar-refractivity contribution in [2.24, 2.45) is 0 Å². The third-order valence-corrected chi connectivity index (χ3v) is 9.55. The van der Waals surface area contributed by atoms with Gasteiger partial charge in [0.25, 0.3) is 0 Å². The minimum atomic E-state index is -0.952. The minimum Gasteiger partial charge on any atom is -0.508 e. The lowest BCUT2D eigenvalue weighted by molar-refractivity contribution is 0.473. The lowest BCUT2D eigenvalue weighted by atomic mass is 9.62. The summed E-state index contributed by atoms with van der Waals surface area (Å²) in [4.78, 5) is 0. The largest absolute Gasteiger partial charge is 0.508 e. The second-order valence-corrected chi connectivity index (χ2v) is 12.4. The lowest BCUT2D eigenvalue weighted by Crippen LogP contribution is -2.33. The summed E-state index contributed by atoms with van der Waals surface area (Å²) < 4.78 is 0. The van der Waals surface area contributed by atoms with Gasteiger partial charge in [0.05, 0.1) is 10.8 Å². The van der Waals surface area contributed by atoms with Crippen molar-refractivity contribution in [1.29, 1.82) is 0 Å². The van der Waals surface area contributed by atoms with E-state index in [4.69, 9.17) is 0 Å². The third-order valence-electron chi connectivity index (χ3n) is 9.55. The van der Waals surface area contributed by atoms with E-state index in [2.05, 4.69) is 24.3 Å². The molecule has 6 nitrogen and oxygen atoms in total. The molecule has 0 aliphatic rings. The SMILES string of the molecule is Oc1ccc(C(c2ccc(O)cc2)(c2ccc(O)cc2)c2ccc(C(c3ccc(O)cc3)(c3ccc(O)cc3)c3ccc(O)cc3)cc2)cc1. The molecule has 0 aliphatic heterocycles. The van der Waals surface area contributed by atoms with Crippen LogP contribution in [0.15, 0.2) is 170 Å². The molecule has 7 aromatic rings. The number of rotatable bonds is 8. The Bertz CT molecular complexity index is 1820. The van der Waals surface area contributed by atoms with Gasteiger partial charge in [-0.3, -0.25) is 0 Å². The fourth-order valence-corrected chi connectivity index (χ4v) is 7.24. The molecule has 0 spiro atoms. The topological polar surface area (TPSA) is 121 Å². The maximum Gasteiger partial charge on any atom is 0.115 e. The van der Waals surface area contributed by atoms with Gasteiger partial charge in [0.1, 0.15) is 34.5 Å². The molecule has 50 heavy (non-hydrogen) atoms. The van der Waals surface area contributed by atoms with Crippen molar-refractivity contribution in [2.75, 3.05) is 0 Å². The van der Waals surface area contributed by atoms with E-state index in [0.717, 1.165) is 44.5 Å². The van der Waals surface area contributed by atoms with E-state index in [1.165, 1.54) is 0 Å². The van der Waals surface area contributed by atoms with Crippen LogP contribution in [0.25, 0.3) is 0 Å². The molecule has 0 atom stereocenters. The highest BCUT2D eigenvalue weighted by Gasteiger charge is 2.41. The molecule has 0 saturated heterocycles. The molecule has 6 heteroatoms. The number of benzene rings is 7. The van der Waals surface area contributed by atoms with Gasteiger partial charge in [0.15, 0.2) is 0 Å². The first-order chi connectivity index (χ1) is 24.2. The van der Waals surface area contributed by atoms with Crippen LogP contribution in [-0.2, 0) is 10.8 Å². The highest BCUT2D eigenvalue weighted by molar-refractivity contribution is 5.65. The zero-order valence-corrected chi connectivity index (χ0v) is 26.8. The van der Waals surface area contributed by atoms with Crippen molar-refractivity contribution in [3.8, 4) is 34.5 Å². The van der Waals surface area contributed by atoms with Crippen LogP contribution in [0.1, 0.15) is 44.5 Å². The molecule has 0 aliphatic carbocycles. The van der Waals surface area contributed by atoms with Crippen molar-refractivity contribution in [3.63, 3.8) is 0 Å². The van der Waals surface area contributed by atoms with Crippen LogP contribution in [-0.4, -0.2) is 30.6 Å². The van der Waals surface area contributed by atoms with E-state index in [1.807, 2.05) is 72.8 Å². The van der Waals surface area contributed by atoms with Crippen molar-refractivity contribution >= 4 is 0 Å². The maximum atomic E-state index is 10.3. The quantitative estimate of drug-likeness (QED) is 0.0909. The first-order valence-corrected chi connectivity index (χ1v) is 16.1. The van der Waals surface area contributed by atoms with E-state index >= 15 is 0 Å². The van der Waals surface area contributed by atoms with Crippen LogP contribution in [0.5, 0.6) is 34.5 Å². The van der Waals surface area contributed by atoms with Gasteiger partial charge < -0.3 is 30.6 Å². The first-order valence-electron chi connectivity index (χ1n) is 16.1. The number of phenolic OH excluding ortho intramolecular Hbond substituents is 6. The summed E-state index contributed by atoms with van der Waals surface area (Å²) in [6.07, 6.45) is 0. The molecule has 246 valence electrons. The van der Waals surface area contributed by atoms with Gasteiger partial charge in [0, 0.05) is 0 Å². The van der Waals surface area contributed by atoms with E-state index < -0.39 is 10.8 Å². The number of hydrogen-bond donors (Lipinski definition) is 6. The van der Waals surface area contributed by atoms with Gasteiger partial charge in [0.2, 0.25) is 0 Å². The molecule has 0 unspecified atom stereocenters. The van der Waals surface area contributed by atoms with Crippen LogP contribution in [0.3, 0.4) is 0 Å². The van der Waals surface area contributed by atoms with Crippen LogP contribution in [0, 0.1) is 0 Å². The Hall–Kier alpha value is -6.66. The maximum absolute atomic E-state index is 10.3. The van der Waals surface area contributed by atoms with Crippen LogP contribution >= 0.6 is 0 Å². The van der Waals surface area contributed by atoms with Gasteiger partial charge in [-0.15, -0.1) is 0 Å². The Morgan fingerprint density at radius 2 is 0.280 bits per heavy atom. The van der Waals surface area contributed by atoms with Crippen molar-refractivity contribution in [3.05, 3.63) is 214 Å². The Morgan fingerprint density at radius 3 is 0.400 bits per heavy atom. The Labute approximate surface area is 289 Å². The average Bonchev–Trinajstić information content (AvgIpc) is 3.13. The summed E-state index contributed by atoms with van der Waals surface area (Å²) in [6.45, 7) is 0. The molecular weight excluding hydrogens is 624 g/mol. The van der Waals surface area contributed by atoms with Crippen LogP contribution in [0.2, 0.25) is 0 Å². The summed E-state index contributed by atoms with van der Waals surface area (Å²) in [7, 11) is 0. The van der Waals surface area contributed by atoms with Gasteiger partial charge in [-0.2, -0.15) is 0 Å². The predicted molar refractivity (Wildman–Crippen MR) is 193 cm³/mol. The number of phenols is 6. The summed E-state index contributed by atoms with van der Waals surface area (Å²) in [6, 6.07) is 50.4. The van der Waals surface area contributed by atoms with Crippen LogP contribution in [0.4, 0.5) is 0 Å². The molecule has 0 bridgehead atoms. The molecule has 0 radical (unpaired) electrons. The molecule has 0 saturated carbocycles. The number of aromatic hydroxyl groups is 6. The molecule has 0 fully saturated rings. The zero-order chi connectivity index (χ0) is 34.9. The van der Waals surface area contributed by atoms with Crippen molar-refractivity contribution < 1.29 is 30.6 Å². The van der Waals surface area contributed by atoms with Crippen LogP contribution < -0.4 is 0 Å². The summed E-state index contributed by atoms with van der Waals surface area (Å²) >= 11 is 0. The van der Waals surface area contributed by atoms with E-state index in [1.54, 1.807) is 72.8 Å². The second-order valence-electron chi connectivity index (χ2n) is 12.4. The van der Waals surface area contributed by atoms with E-state index in [0.29, 0.717) is 0 Å². The predicted octanol–water partition coefficient (Wildman–Crippen LogP) is 8.69. The van der Waals surface area contributed by atoms with Gasteiger partial charge in [-0.25, -0.2) is 0 Å². The monoisotopic (exact) mass is 658 g/mol. The molecule has 7 rings (SSSR count). The Morgan fingerprint density at radius 1 is 0.180 bits per heavy atom. The Balaban J connectivity index is 1.54. The normalized spacial score (nSPS) is 11.7. The zero-order valence-electron chi connectivity index (χ0n) is 26.8. The highest BCUT2D eigenvalue weighted by atomic mass is 16.3.